The first kappa shape index (κ1) is 11.9. The van der Waals surface area contributed by atoms with E-state index in [1.54, 1.807) is 0 Å². The number of thioether (sulfide) groups is 1. The molecular formula is C10H9Br2NS2. The van der Waals surface area contributed by atoms with Crippen molar-refractivity contribution in [2.45, 2.75) is 15.7 Å². The molecule has 0 amide bonds. The number of halogens is 2. The average molecular weight is 367 g/mol. The van der Waals surface area contributed by atoms with Gasteiger partial charge in [0.05, 0.1) is 4.83 Å². The second kappa shape index (κ2) is 4.73. The average Bonchev–Trinajstić information content (AvgIpc) is 2.56. The molecule has 2 heterocycles. The zero-order valence-corrected chi connectivity index (χ0v) is 12.6. The van der Waals surface area contributed by atoms with E-state index in [9.17, 15) is 0 Å². The lowest BCUT2D eigenvalue weighted by Crippen LogP contribution is -3.00. The number of hydrogen-bond donors (Lipinski definition) is 0. The van der Waals surface area contributed by atoms with Gasteiger partial charge in [-0.3, -0.25) is 0 Å². The third-order valence-electron chi connectivity index (χ3n) is 2.34. The van der Waals surface area contributed by atoms with Crippen molar-refractivity contribution in [1.82, 2.24) is 0 Å². The van der Waals surface area contributed by atoms with Crippen LogP contribution in [0, 0.1) is 0 Å². The van der Waals surface area contributed by atoms with Gasteiger partial charge in [-0.15, -0.1) is 0 Å². The standard InChI is InChI=1S/C10H9BrNS2.BrH/c11-7-5-12-8-3-1-2-4-9(8)14-10(12)13-6-7;/h1-4,7H,5-6H2;1H/q+1;/p-1. The van der Waals surface area contributed by atoms with Crippen LogP contribution in [0.3, 0.4) is 0 Å². The van der Waals surface area contributed by atoms with Gasteiger partial charge in [-0.2, -0.15) is 4.57 Å². The Balaban J connectivity index is 0.000000853. The molecule has 15 heavy (non-hydrogen) atoms. The molecule has 0 radical (unpaired) electrons. The van der Waals surface area contributed by atoms with E-state index in [-0.39, 0.29) is 17.0 Å². The van der Waals surface area contributed by atoms with Crippen molar-refractivity contribution in [2.24, 2.45) is 0 Å². The summed E-state index contributed by atoms with van der Waals surface area (Å²) in [5.74, 6) is 1.19. The molecule has 0 aliphatic carbocycles. The van der Waals surface area contributed by atoms with Crippen molar-refractivity contribution in [3.8, 4) is 0 Å². The number of hydrogen-bond acceptors (Lipinski definition) is 2. The van der Waals surface area contributed by atoms with Gasteiger partial charge in [-0.1, -0.05) is 39.4 Å². The number of para-hydroxylation sites is 1. The van der Waals surface area contributed by atoms with Gasteiger partial charge in [0.1, 0.15) is 4.70 Å². The van der Waals surface area contributed by atoms with Crippen molar-refractivity contribution >= 4 is 49.2 Å². The molecule has 0 bridgehead atoms. The summed E-state index contributed by atoms with van der Waals surface area (Å²) in [7, 11) is 0. The fourth-order valence-corrected chi connectivity index (χ4v) is 4.76. The van der Waals surface area contributed by atoms with Crippen LogP contribution in [0.2, 0.25) is 0 Å². The van der Waals surface area contributed by atoms with Crippen LogP contribution in [0.4, 0.5) is 0 Å². The maximum Gasteiger partial charge on any atom is 0.298 e. The maximum absolute atomic E-state index is 3.69. The molecule has 2 aromatic rings. The Labute approximate surface area is 116 Å². The van der Waals surface area contributed by atoms with Crippen molar-refractivity contribution in [2.75, 3.05) is 5.75 Å². The molecule has 1 nitrogen and oxygen atoms in total. The molecular weight excluding hydrogens is 358 g/mol. The molecule has 1 aliphatic heterocycles. The number of thiazole rings is 1. The minimum absolute atomic E-state index is 0. The van der Waals surface area contributed by atoms with Crippen LogP contribution in [-0.2, 0) is 6.54 Å². The second-order valence-corrected chi connectivity index (χ2v) is 6.95. The normalized spacial score (nSPS) is 19.7. The first-order valence-electron chi connectivity index (χ1n) is 4.53. The Morgan fingerprint density at radius 2 is 2.13 bits per heavy atom. The predicted octanol–water partition coefficient (Wildman–Crippen LogP) is 0.0620. The summed E-state index contributed by atoms with van der Waals surface area (Å²) in [6, 6.07) is 8.64. The van der Waals surface area contributed by atoms with Gasteiger partial charge in [0.2, 0.25) is 5.52 Å². The van der Waals surface area contributed by atoms with Gasteiger partial charge < -0.3 is 17.0 Å². The summed E-state index contributed by atoms with van der Waals surface area (Å²) < 4.78 is 5.27. The second-order valence-electron chi connectivity index (χ2n) is 3.35. The molecule has 0 N–H and O–H groups in total. The zero-order chi connectivity index (χ0) is 9.54. The molecule has 0 saturated carbocycles. The molecule has 0 saturated heterocycles. The number of alkyl halides is 1. The van der Waals surface area contributed by atoms with Crippen LogP contribution in [0.1, 0.15) is 0 Å². The lowest BCUT2D eigenvalue weighted by molar-refractivity contribution is -0.702. The Hall–Kier alpha value is 0.420. The minimum Gasteiger partial charge on any atom is -1.00 e. The lowest BCUT2D eigenvalue weighted by Gasteiger charge is -2.10. The molecule has 1 aromatic carbocycles. The van der Waals surface area contributed by atoms with Crippen LogP contribution in [0.25, 0.3) is 10.2 Å². The molecule has 3 rings (SSSR count). The van der Waals surface area contributed by atoms with Gasteiger partial charge in [-0.05, 0) is 17.8 Å². The number of nitrogens with zero attached hydrogens (tertiary/aromatic N) is 1. The predicted molar refractivity (Wildman–Crippen MR) is 65.5 cm³/mol. The highest BCUT2D eigenvalue weighted by Crippen LogP contribution is 2.32. The fraction of sp³-hybridized carbons (Fsp3) is 0.300. The summed E-state index contributed by atoms with van der Waals surface area (Å²) >= 11 is 7.56. The Bertz CT molecular complexity index is 483. The fourth-order valence-electron chi connectivity index (χ4n) is 1.71. The van der Waals surface area contributed by atoms with Gasteiger partial charge in [0.25, 0.3) is 4.34 Å². The zero-order valence-electron chi connectivity index (χ0n) is 7.82. The highest BCUT2D eigenvalue weighted by atomic mass is 79.9. The van der Waals surface area contributed by atoms with Crippen LogP contribution in [-0.4, -0.2) is 10.6 Å². The highest BCUT2D eigenvalue weighted by Gasteiger charge is 2.28. The van der Waals surface area contributed by atoms with Crippen LogP contribution >= 0.6 is 39.0 Å². The number of rotatable bonds is 0. The van der Waals surface area contributed by atoms with Crippen LogP contribution in [0.5, 0.6) is 0 Å². The summed E-state index contributed by atoms with van der Waals surface area (Å²) in [5, 5.41) is 0. The van der Waals surface area contributed by atoms with Gasteiger partial charge >= 0.3 is 0 Å². The van der Waals surface area contributed by atoms with Crippen molar-refractivity contribution in [3.05, 3.63) is 24.3 Å². The topological polar surface area (TPSA) is 3.88 Å². The number of fused-ring (bicyclic) bond motifs is 3. The van der Waals surface area contributed by atoms with E-state index in [1.165, 1.54) is 20.3 Å². The first-order valence-corrected chi connectivity index (χ1v) is 7.24. The van der Waals surface area contributed by atoms with Crippen molar-refractivity contribution in [3.63, 3.8) is 0 Å². The first-order chi connectivity index (χ1) is 6.84. The van der Waals surface area contributed by atoms with Gasteiger partial charge in [-0.25, -0.2) is 0 Å². The molecule has 1 unspecified atom stereocenters. The minimum atomic E-state index is 0. The van der Waals surface area contributed by atoms with E-state index in [0.717, 1.165) is 6.54 Å². The van der Waals surface area contributed by atoms with E-state index in [1.807, 2.05) is 23.1 Å². The summed E-state index contributed by atoms with van der Waals surface area (Å²) in [4.78, 5) is 0.614. The van der Waals surface area contributed by atoms with Gasteiger partial charge in [0, 0.05) is 11.8 Å². The monoisotopic (exact) mass is 365 g/mol. The molecule has 5 heteroatoms. The van der Waals surface area contributed by atoms with E-state index < -0.39 is 0 Å². The van der Waals surface area contributed by atoms with Crippen molar-refractivity contribution < 1.29 is 21.5 Å². The molecule has 1 atom stereocenters. The van der Waals surface area contributed by atoms with E-state index >= 15 is 0 Å². The smallest absolute Gasteiger partial charge is 0.298 e. The summed E-state index contributed by atoms with van der Waals surface area (Å²) in [5.41, 5.74) is 1.38. The third-order valence-corrected chi connectivity index (χ3v) is 5.98. The molecule has 1 aromatic heterocycles. The Morgan fingerprint density at radius 1 is 1.33 bits per heavy atom. The Kier molecular flexibility index (Phi) is 3.75. The highest BCUT2D eigenvalue weighted by molar-refractivity contribution is 9.09. The molecule has 0 fully saturated rings. The maximum atomic E-state index is 3.69. The summed E-state index contributed by atoms with van der Waals surface area (Å²) in [6.07, 6.45) is 0. The van der Waals surface area contributed by atoms with E-state index in [0.29, 0.717) is 4.83 Å². The van der Waals surface area contributed by atoms with E-state index in [2.05, 4.69) is 44.8 Å². The molecule has 80 valence electrons. The van der Waals surface area contributed by atoms with Crippen molar-refractivity contribution in [1.29, 1.82) is 0 Å². The molecule has 0 spiro atoms. The number of aromatic nitrogens is 1. The van der Waals surface area contributed by atoms with Gasteiger partial charge in [0.15, 0.2) is 6.54 Å². The van der Waals surface area contributed by atoms with Crippen LogP contribution in [0.15, 0.2) is 28.6 Å². The number of benzene rings is 1. The van der Waals surface area contributed by atoms with E-state index in [4.69, 9.17) is 0 Å². The third kappa shape index (κ3) is 2.12. The molecule has 1 aliphatic rings. The lowest BCUT2D eigenvalue weighted by atomic mass is 10.3. The summed E-state index contributed by atoms with van der Waals surface area (Å²) in [6.45, 7) is 1.10. The Morgan fingerprint density at radius 3 is 3.00 bits per heavy atom. The SMILES string of the molecule is BrC1CSc2sc3ccccc3[n+]2C1.[Br-]. The quantitative estimate of drug-likeness (QED) is 0.471. The van der Waals surface area contributed by atoms with Crippen LogP contribution < -0.4 is 21.5 Å². The largest absolute Gasteiger partial charge is 1.00 e.